The van der Waals surface area contributed by atoms with Crippen LogP contribution in [0.1, 0.15) is 18.6 Å². The highest BCUT2D eigenvalue weighted by Crippen LogP contribution is 2.25. The van der Waals surface area contributed by atoms with Gasteiger partial charge in [0, 0.05) is 19.2 Å². The van der Waals surface area contributed by atoms with E-state index in [4.69, 9.17) is 9.15 Å². The summed E-state index contributed by atoms with van der Waals surface area (Å²) < 4.78 is 24.1. The highest BCUT2D eigenvalue weighted by atomic mass is 19.1. The van der Waals surface area contributed by atoms with E-state index in [1.54, 1.807) is 41.3 Å². The number of rotatable bonds is 4. The van der Waals surface area contributed by atoms with Crippen molar-refractivity contribution in [3.8, 4) is 11.3 Å². The van der Waals surface area contributed by atoms with Crippen molar-refractivity contribution in [3.63, 3.8) is 0 Å². The molecule has 5 nitrogen and oxygen atoms in total. The molecule has 2 aromatic rings. The molecule has 136 valence electrons. The van der Waals surface area contributed by atoms with Crippen LogP contribution in [0.5, 0.6) is 0 Å². The van der Waals surface area contributed by atoms with Crippen molar-refractivity contribution >= 4 is 18.0 Å². The Hall–Kier alpha value is -2.89. The van der Waals surface area contributed by atoms with Gasteiger partial charge in [0.2, 0.25) is 5.91 Å². The van der Waals surface area contributed by atoms with E-state index in [0.29, 0.717) is 43.0 Å². The van der Waals surface area contributed by atoms with E-state index in [1.807, 2.05) is 0 Å². The first-order chi connectivity index (χ1) is 12.6. The van der Waals surface area contributed by atoms with Crippen molar-refractivity contribution in [1.82, 2.24) is 4.90 Å². The third-order valence-corrected chi connectivity index (χ3v) is 4.50. The number of carbonyl (C=O) groups excluding carboxylic acids is 2. The van der Waals surface area contributed by atoms with E-state index in [1.165, 1.54) is 19.3 Å². The Kier molecular flexibility index (Phi) is 5.51. The van der Waals surface area contributed by atoms with Gasteiger partial charge in [-0.25, -0.2) is 4.39 Å². The second-order valence-corrected chi connectivity index (χ2v) is 6.14. The van der Waals surface area contributed by atoms with E-state index in [0.717, 1.165) is 0 Å². The number of furan rings is 1. The molecule has 26 heavy (non-hydrogen) atoms. The molecule has 0 bridgehead atoms. The first kappa shape index (κ1) is 17.9. The molecule has 1 aliphatic rings. The Morgan fingerprint density at radius 1 is 1.19 bits per heavy atom. The van der Waals surface area contributed by atoms with Crippen LogP contribution in [0.3, 0.4) is 0 Å². The van der Waals surface area contributed by atoms with Crippen molar-refractivity contribution in [3.05, 3.63) is 54.1 Å². The first-order valence-corrected chi connectivity index (χ1v) is 8.48. The number of nitrogens with zero attached hydrogens (tertiary/aromatic N) is 1. The highest BCUT2D eigenvalue weighted by molar-refractivity contribution is 5.91. The lowest BCUT2D eigenvalue weighted by Crippen LogP contribution is -2.39. The molecule has 2 heterocycles. The fourth-order valence-electron chi connectivity index (χ4n) is 3.01. The van der Waals surface area contributed by atoms with E-state index >= 15 is 0 Å². The molecule has 0 atom stereocenters. The monoisotopic (exact) mass is 357 g/mol. The average Bonchev–Trinajstić information content (AvgIpc) is 3.14. The summed E-state index contributed by atoms with van der Waals surface area (Å²) in [5.74, 6) is 0.0274. The summed E-state index contributed by atoms with van der Waals surface area (Å²) in [6.07, 6.45) is 4.20. The van der Waals surface area contributed by atoms with E-state index in [9.17, 15) is 14.0 Å². The van der Waals surface area contributed by atoms with Gasteiger partial charge in [0.05, 0.1) is 18.6 Å². The van der Waals surface area contributed by atoms with Gasteiger partial charge in [0.15, 0.2) is 0 Å². The number of amides is 1. The Balaban J connectivity index is 1.60. The quantitative estimate of drug-likeness (QED) is 0.621. The Labute approximate surface area is 151 Å². The largest absolute Gasteiger partial charge is 0.469 e. The molecule has 1 aromatic heterocycles. The summed E-state index contributed by atoms with van der Waals surface area (Å²) in [6.45, 7) is 1.03. The predicted molar refractivity (Wildman–Crippen MR) is 94.5 cm³/mol. The summed E-state index contributed by atoms with van der Waals surface area (Å²) in [4.78, 5) is 25.5. The number of hydrogen-bond donors (Lipinski definition) is 0. The molecule has 3 rings (SSSR count). The van der Waals surface area contributed by atoms with Gasteiger partial charge in [-0.3, -0.25) is 9.59 Å². The van der Waals surface area contributed by atoms with E-state index < -0.39 is 0 Å². The number of benzene rings is 1. The highest BCUT2D eigenvalue weighted by Gasteiger charge is 2.27. The van der Waals surface area contributed by atoms with Crippen molar-refractivity contribution < 1.29 is 23.1 Å². The number of methoxy groups -OCH3 is 1. The summed E-state index contributed by atoms with van der Waals surface area (Å²) in [5, 5.41) is 0. The van der Waals surface area contributed by atoms with Crippen LogP contribution in [0.4, 0.5) is 4.39 Å². The number of piperidine rings is 1. The zero-order valence-corrected chi connectivity index (χ0v) is 14.5. The molecule has 0 aliphatic carbocycles. The smallest absolute Gasteiger partial charge is 0.308 e. The molecular formula is C20H20FNO4. The molecule has 1 amide bonds. The molecule has 1 aromatic carbocycles. The fraction of sp³-hybridized carbons (Fsp3) is 0.300. The standard InChI is InChI=1S/C20H20FNO4/c1-25-20(24)14-10-12-22(13-11-14)19(23)9-7-15-6-8-18(26-15)16-4-2-3-5-17(16)21/h2-9,14H,10-13H2,1H3/b9-7-. The number of halogens is 1. The van der Waals surface area contributed by atoms with Gasteiger partial charge in [-0.2, -0.15) is 0 Å². The first-order valence-electron chi connectivity index (χ1n) is 8.48. The zero-order valence-electron chi connectivity index (χ0n) is 14.5. The van der Waals surface area contributed by atoms with Crippen LogP contribution in [0.25, 0.3) is 17.4 Å². The number of ether oxygens (including phenoxy) is 1. The van der Waals surface area contributed by atoms with Crippen molar-refractivity contribution in [2.24, 2.45) is 5.92 Å². The summed E-state index contributed by atoms with van der Waals surface area (Å²) in [7, 11) is 1.38. The minimum Gasteiger partial charge on any atom is -0.469 e. The molecule has 0 spiro atoms. The Morgan fingerprint density at radius 2 is 1.92 bits per heavy atom. The molecule has 1 saturated heterocycles. The van der Waals surface area contributed by atoms with E-state index in [2.05, 4.69) is 0 Å². The lowest BCUT2D eigenvalue weighted by atomic mass is 9.97. The summed E-state index contributed by atoms with van der Waals surface area (Å²) in [5.41, 5.74) is 0.378. The van der Waals surface area contributed by atoms with Crippen LogP contribution in [0.2, 0.25) is 0 Å². The van der Waals surface area contributed by atoms with Crippen molar-refractivity contribution in [2.45, 2.75) is 12.8 Å². The molecule has 0 saturated carbocycles. The van der Waals surface area contributed by atoms with Crippen LogP contribution >= 0.6 is 0 Å². The van der Waals surface area contributed by atoms with E-state index in [-0.39, 0.29) is 23.6 Å². The lowest BCUT2D eigenvalue weighted by Gasteiger charge is -2.29. The normalized spacial score (nSPS) is 15.4. The van der Waals surface area contributed by atoms with Gasteiger partial charge >= 0.3 is 5.97 Å². The Morgan fingerprint density at radius 3 is 2.62 bits per heavy atom. The third kappa shape index (κ3) is 4.02. The number of esters is 1. The SMILES string of the molecule is COC(=O)C1CCN(C(=O)/C=C\c2ccc(-c3ccccc3F)o2)CC1. The fourth-order valence-corrected chi connectivity index (χ4v) is 3.01. The van der Waals surface area contributed by atoms with Crippen LogP contribution < -0.4 is 0 Å². The maximum atomic E-state index is 13.8. The number of carbonyl (C=O) groups is 2. The topological polar surface area (TPSA) is 59.8 Å². The van der Waals surface area contributed by atoms with Gasteiger partial charge in [0.1, 0.15) is 17.3 Å². The lowest BCUT2D eigenvalue weighted by molar-refractivity contribution is -0.148. The van der Waals surface area contributed by atoms with Gasteiger partial charge < -0.3 is 14.1 Å². The third-order valence-electron chi connectivity index (χ3n) is 4.50. The average molecular weight is 357 g/mol. The van der Waals surface area contributed by atoms with Gasteiger partial charge in [-0.05, 0) is 43.2 Å². The predicted octanol–water partition coefficient (Wildman–Crippen LogP) is 3.51. The molecule has 6 heteroatoms. The summed E-state index contributed by atoms with van der Waals surface area (Å²) in [6, 6.07) is 9.72. The van der Waals surface area contributed by atoms with Crippen molar-refractivity contribution in [1.29, 1.82) is 0 Å². The van der Waals surface area contributed by atoms with Crippen molar-refractivity contribution in [2.75, 3.05) is 20.2 Å². The maximum Gasteiger partial charge on any atom is 0.308 e. The van der Waals surface area contributed by atoms with Crippen LogP contribution in [0.15, 0.2) is 46.9 Å². The minimum absolute atomic E-state index is 0.138. The van der Waals surface area contributed by atoms with Gasteiger partial charge in [-0.15, -0.1) is 0 Å². The second-order valence-electron chi connectivity index (χ2n) is 6.14. The molecule has 1 aliphatic heterocycles. The minimum atomic E-state index is -0.359. The maximum absolute atomic E-state index is 13.8. The molecule has 0 unspecified atom stereocenters. The van der Waals surface area contributed by atoms with Crippen LogP contribution in [-0.4, -0.2) is 37.0 Å². The van der Waals surface area contributed by atoms with Gasteiger partial charge in [-0.1, -0.05) is 12.1 Å². The Bertz CT molecular complexity index is 819. The second kappa shape index (κ2) is 7.99. The molecular weight excluding hydrogens is 337 g/mol. The van der Waals surface area contributed by atoms with Crippen LogP contribution in [0, 0.1) is 11.7 Å². The zero-order chi connectivity index (χ0) is 18.5. The number of likely N-dealkylation sites (tertiary alicyclic amines) is 1. The molecule has 0 radical (unpaired) electrons. The van der Waals surface area contributed by atoms with Gasteiger partial charge in [0.25, 0.3) is 0 Å². The number of hydrogen-bond acceptors (Lipinski definition) is 4. The molecule has 1 fully saturated rings. The van der Waals surface area contributed by atoms with Crippen LogP contribution in [-0.2, 0) is 14.3 Å². The summed E-state index contributed by atoms with van der Waals surface area (Å²) >= 11 is 0. The molecule has 0 N–H and O–H groups in total.